The molecule has 0 unspecified atom stereocenters. The van der Waals surface area contributed by atoms with Crippen LogP contribution in [0.3, 0.4) is 0 Å². The third-order valence-electron chi connectivity index (χ3n) is 0.547. The summed E-state index contributed by atoms with van der Waals surface area (Å²) in [6.45, 7) is 3.08. The normalized spacial score (nSPS) is 6.80. The van der Waals surface area contributed by atoms with Crippen LogP contribution in [-0.4, -0.2) is 0 Å². The maximum Gasteiger partial charge on any atom is 0.111 e. The Hall–Kier alpha value is -0.780. The topological polar surface area (TPSA) is 23.8 Å². The summed E-state index contributed by atoms with van der Waals surface area (Å²) in [6, 6.07) is 5.64. The molecule has 52 valence electrons. The molecule has 0 atom stereocenters. The first-order valence-corrected chi connectivity index (χ1v) is 3.81. The highest BCUT2D eigenvalue weighted by Crippen LogP contribution is 1.91. The van der Waals surface area contributed by atoms with Crippen molar-refractivity contribution in [2.24, 2.45) is 0 Å². The lowest BCUT2D eigenvalue weighted by molar-refractivity contribution is 1.53. The SMILES string of the molecule is C=C(Cl)C#N.c1ccsc1. The fourth-order valence-corrected chi connectivity index (χ4v) is 0.680. The number of nitriles is 1. The quantitative estimate of drug-likeness (QED) is 0.551. The van der Waals surface area contributed by atoms with Gasteiger partial charge < -0.3 is 0 Å². The van der Waals surface area contributed by atoms with Crippen LogP contribution in [0.25, 0.3) is 0 Å². The minimum atomic E-state index is 0.0324. The Morgan fingerprint density at radius 2 is 1.90 bits per heavy atom. The lowest BCUT2D eigenvalue weighted by atomic mass is 10.7. The Morgan fingerprint density at radius 3 is 2.00 bits per heavy atom. The summed E-state index contributed by atoms with van der Waals surface area (Å²) in [5, 5.41) is 11.8. The monoisotopic (exact) mass is 171 g/mol. The van der Waals surface area contributed by atoms with Gasteiger partial charge in [-0.15, -0.1) is 0 Å². The van der Waals surface area contributed by atoms with E-state index in [0.29, 0.717) is 0 Å². The van der Waals surface area contributed by atoms with E-state index < -0.39 is 0 Å². The average Bonchev–Trinajstić information content (AvgIpc) is 2.43. The Kier molecular flexibility index (Phi) is 5.85. The average molecular weight is 172 g/mol. The minimum Gasteiger partial charge on any atom is -0.191 e. The van der Waals surface area contributed by atoms with Crippen LogP contribution in [0.1, 0.15) is 0 Å². The molecule has 3 heteroatoms. The largest absolute Gasteiger partial charge is 0.191 e. The van der Waals surface area contributed by atoms with Crippen LogP contribution in [-0.2, 0) is 0 Å². The first-order valence-electron chi connectivity index (χ1n) is 2.49. The molecule has 0 N–H and O–H groups in total. The molecule has 0 fully saturated rings. The smallest absolute Gasteiger partial charge is 0.111 e. The van der Waals surface area contributed by atoms with Crippen molar-refractivity contribution in [2.45, 2.75) is 0 Å². The standard InChI is InChI=1S/C4H4S.C3H2ClN/c1-2-4-5-3-1;1-3(4)2-5/h1-4H;1H2. The van der Waals surface area contributed by atoms with Gasteiger partial charge in [0.1, 0.15) is 11.1 Å². The molecule has 0 aliphatic rings. The number of thiophene rings is 1. The number of allylic oxidation sites excluding steroid dienone is 1. The maximum absolute atomic E-state index is 7.66. The van der Waals surface area contributed by atoms with Crippen LogP contribution in [0, 0.1) is 11.3 Å². The molecule has 1 nitrogen and oxygen atoms in total. The Morgan fingerprint density at radius 1 is 1.50 bits per heavy atom. The van der Waals surface area contributed by atoms with Crippen molar-refractivity contribution >= 4 is 22.9 Å². The van der Waals surface area contributed by atoms with E-state index in [1.807, 2.05) is 22.9 Å². The third kappa shape index (κ3) is 7.22. The van der Waals surface area contributed by atoms with Gasteiger partial charge in [-0.1, -0.05) is 30.3 Å². The summed E-state index contributed by atoms with van der Waals surface area (Å²) in [4.78, 5) is 0. The molecule has 10 heavy (non-hydrogen) atoms. The van der Waals surface area contributed by atoms with Crippen molar-refractivity contribution in [1.82, 2.24) is 0 Å². The van der Waals surface area contributed by atoms with Crippen LogP contribution < -0.4 is 0 Å². The third-order valence-corrected chi connectivity index (χ3v) is 1.26. The molecule has 0 bridgehead atoms. The summed E-state index contributed by atoms with van der Waals surface area (Å²) < 4.78 is 0. The van der Waals surface area contributed by atoms with Crippen molar-refractivity contribution in [3.8, 4) is 6.07 Å². The van der Waals surface area contributed by atoms with Gasteiger partial charge in [-0.25, -0.2) is 0 Å². The zero-order chi connectivity index (χ0) is 7.82. The Balaban J connectivity index is 0.000000162. The van der Waals surface area contributed by atoms with E-state index in [0.717, 1.165) is 0 Å². The Bertz CT molecular complexity index is 193. The predicted octanol–water partition coefficient (Wildman–Crippen LogP) is 3.01. The van der Waals surface area contributed by atoms with E-state index in [-0.39, 0.29) is 5.03 Å². The van der Waals surface area contributed by atoms with Crippen molar-refractivity contribution < 1.29 is 0 Å². The van der Waals surface area contributed by atoms with Crippen molar-refractivity contribution in [3.05, 3.63) is 34.5 Å². The van der Waals surface area contributed by atoms with E-state index in [4.69, 9.17) is 16.9 Å². The van der Waals surface area contributed by atoms with E-state index in [1.54, 1.807) is 17.4 Å². The van der Waals surface area contributed by atoms with Crippen LogP contribution in [0.5, 0.6) is 0 Å². The molecule has 1 heterocycles. The first kappa shape index (κ1) is 9.22. The fraction of sp³-hybridized carbons (Fsp3) is 0. The molecular formula is C7H6ClNS. The van der Waals surface area contributed by atoms with E-state index in [1.165, 1.54) is 0 Å². The van der Waals surface area contributed by atoms with Gasteiger partial charge in [0.05, 0.1) is 0 Å². The molecule has 0 aromatic carbocycles. The van der Waals surface area contributed by atoms with Crippen molar-refractivity contribution in [1.29, 1.82) is 5.26 Å². The number of halogens is 1. The second kappa shape index (κ2) is 6.34. The molecule has 0 aliphatic heterocycles. The predicted molar refractivity (Wildman–Crippen MR) is 44.9 cm³/mol. The zero-order valence-electron chi connectivity index (χ0n) is 5.25. The number of rotatable bonds is 0. The lowest BCUT2D eigenvalue weighted by Gasteiger charge is -1.58. The van der Waals surface area contributed by atoms with Crippen molar-refractivity contribution in [3.63, 3.8) is 0 Å². The lowest BCUT2D eigenvalue weighted by Crippen LogP contribution is -1.44. The molecule has 1 aromatic heterocycles. The summed E-state index contributed by atoms with van der Waals surface area (Å²) in [7, 11) is 0. The molecule has 0 spiro atoms. The van der Waals surface area contributed by atoms with Gasteiger partial charge in [0.15, 0.2) is 0 Å². The van der Waals surface area contributed by atoms with Crippen LogP contribution in [0.2, 0.25) is 0 Å². The first-order chi connectivity index (χ1) is 4.77. The second-order valence-corrected chi connectivity index (χ2v) is 2.58. The molecule has 0 aliphatic carbocycles. The highest BCUT2D eigenvalue weighted by molar-refractivity contribution is 7.07. The number of hydrogen-bond acceptors (Lipinski definition) is 2. The molecule has 0 radical (unpaired) electrons. The second-order valence-electron chi connectivity index (χ2n) is 1.31. The molecule has 0 saturated heterocycles. The molecule has 1 aromatic rings. The van der Waals surface area contributed by atoms with Crippen LogP contribution >= 0.6 is 22.9 Å². The molecule has 1 rings (SSSR count). The molecule has 0 saturated carbocycles. The van der Waals surface area contributed by atoms with Gasteiger partial charge in [0, 0.05) is 0 Å². The Labute approximate surface area is 69.2 Å². The van der Waals surface area contributed by atoms with Gasteiger partial charge >= 0.3 is 0 Å². The summed E-state index contributed by atoms with van der Waals surface area (Å²) in [5.41, 5.74) is 0. The highest BCUT2D eigenvalue weighted by Gasteiger charge is 1.68. The van der Waals surface area contributed by atoms with Gasteiger partial charge in [0.25, 0.3) is 0 Å². The summed E-state index contributed by atoms with van der Waals surface area (Å²) in [6.07, 6.45) is 0. The maximum atomic E-state index is 7.66. The minimum absolute atomic E-state index is 0.0324. The van der Waals surface area contributed by atoms with E-state index in [2.05, 4.69) is 6.58 Å². The van der Waals surface area contributed by atoms with E-state index >= 15 is 0 Å². The van der Waals surface area contributed by atoms with Gasteiger partial charge in [-0.05, 0) is 10.8 Å². The number of nitrogens with zero attached hydrogens (tertiary/aromatic N) is 1. The van der Waals surface area contributed by atoms with Gasteiger partial charge in [0.2, 0.25) is 0 Å². The number of hydrogen-bond donors (Lipinski definition) is 0. The summed E-state index contributed by atoms with van der Waals surface area (Å²) in [5.74, 6) is 0. The van der Waals surface area contributed by atoms with Crippen LogP contribution in [0.15, 0.2) is 34.5 Å². The van der Waals surface area contributed by atoms with Gasteiger partial charge in [-0.2, -0.15) is 16.6 Å². The zero-order valence-corrected chi connectivity index (χ0v) is 6.82. The highest BCUT2D eigenvalue weighted by atomic mass is 35.5. The van der Waals surface area contributed by atoms with Crippen LogP contribution in [0.4, 0.5) is 0 Å². The summed E-state index contributed by atoms with van der Waals surface area (Å²) >= 11 is 6.62. The van der Waals surface area contributed by atoms with Gasteiger partial charge in [-0.3, -0.25) is 0 Å². The molecule has 0 amide bonds. The molecular weight excluding hydrogens is 166 g/mol. The fourth-order valence-electron chi connectivity index (χ4n) is 0.227. The van der Waals surface area contributed by atoms with E-state index in [9.17, 15) is 0 Å². The van der Waals surface area contributed by atoms with Crippen molar-refractivity contribution in [2.75, 3.05) is 0 Å².